The Morgan fingerprint density at radius 3 is 1.86 bits per heavy atom. The highest BCUT2D eigenvalue weighted by molar-refractivity contribution is 5.77. The number of primary amides is 2. The third-order valence-corrected chi connectivity index (χ3v) is 1.58. The van der Waals surface area contributed by atoms with E-state index in [0.29, 0.717) is 11.4 Å². The minimum Gasteiger partial charge on any atom is -0.369 e. The van der Waals surface area contributed by atoms with Crippen LogP contribution >= 0.6 is 0 Å². The van der Waals surface area contributed by atoms with Crippen molar-refractivity contribution in [2.75, 3.05) is 0 Å². The van der Waals surface area contributed by atoms with Crippen LogP contribution in [0, 0.1) is 0 Å². The number of pyridine rings is 1. The van der Waals surface area contributed by atoms with Gasteiger partial charge in [-0.1, -0.05) is 6.07 Å². The van der Waals surface area contributed by atoms with Crippen molar-refractivity contribution in [3.63, 3.8) is 0 Å². The maximum atomic E-state index is 10.6. The number of hydrogen-bond acceptors (Lipinski definition) is 3. The first kappa shape index (κ1) is 10.2. The molecule has 0 saturated carbocycles. The van der Waals surface area contributed by atoms with Crippen LogP contribution in [0.1, 0.15) is 11.4 Å². The van der Waals surface area contributed by atoms with E-state index in [-0.39, 0.29) is 12.8 Å². The van der Waals surface area contributed by atoms with Crippen LogP contribution in [0.25, 0.3) is 0 Å². The lowest BCUT2D eigenvalue weighted by Crippen LogP contribution is -2.17. The molecule has 1 aromatic heterocycles. The summed E-state index contributed by atoms with van der Waals surface area (Å²) in [7, 11) is 0. The molecule has 2 amide bonds. The van der Waals surface area contributed by atoms with Gasteiger partial charge < -0.3 is 11.5 Å². The van der Waals surface area contributed by atoms with E-state index in [2.05, 4.69) is 4.98 Å². The monoisotopic (exact) mass is 193 g/mol. The number of nitrogens with zero attached hydrogens (tertiary/aromatic N) is 1. The van der Waals surface area contributed by atoms with Crippen LogP contribution in [0.5, 0.6) is 0 Å². The highest BCUT2D eigenvalue weighted by Gasteiger charge is 2.03. The zero-order chi connectivity index (χ0) is 10.6. The van der Waals surface area contributed by atoms with E-state index >= 15 is 0 Å². The molecule has 0 atom stereocenters. The quantitative estimate of drug-likeness (QED) is 0.650. The smallest absolute Gasteiger partial charge is 0.223 e. The summed E-state index contributed by atoms with van der Waals surface area (Å²) in [4.78, 5) is 25.2. The third-order valence-electron chi connectivity index (χ3n) is 1.58. The number of nitrogens with two attached hydrogens (primary N) is 2. The minimum atomic E-state index is -0.450. The summed E-state index contributed by atoms with van der Waals surface area (Å²) < 4.78 is 0. The summed E-state index contributed by atoms with van der Waals surface area (Å²) in [6, 6.07) is 5.06. The predicted molar refractivity (Wildman–Crippen MR) is 50.0 cm³/mol. The average molecular weight is 193 g/mol. The lowest BCUT2D eigenvalue weighted by molar-refractivity contribution is -0.118. The van der Waals surface area contributed by atoms with Crippen LogP contribution in [0.3, 0.4) is 0 Å². The first-order valence-corrected chi connectivity index (χ1v) is 4.09. The Kier molecular flexibility index (Phi) is 3.17. The van der Waals surface area contributed by atoms with Gasteiger partial charge in [-0.25, -0.2) is 0 Å². The van der Waals surface area contributed by atoms with Crippen molar-refractivity contribution in [3.8, 4) is 0 Å². The van der Waals surface area contributed by atoms with Crippen molar-refractivity contribution in [1.29, 1.82) is 0 Å². The second kappa shape index (κ2) is 4.36. The third kappa shape index (κ3) is 3.22. The molecule has 74 valence electrons. The van der Waals surface area contributed by atoms with Gasteiger partial charge in [0.2, 0.25) is 11.8 Å². The summed E-state index contributed by atoms with van der Waals surface area (Å²) in [5.74, 6) is -0.901. The van der Waals surface area contributed by atoms with Crippen molar-refractivity contribution in [1.82, 2.24) is 4.98 Å². The summed E-state index contributed by atoms with van der Waals surface area (Å²) in [6.45, 7) is 0. The molecule has 0 saturated heterocycles. The zero-order valence-corrected chi connectivity index (χ0v) is 7.56. The van der Waals surface area contributed by atoms with Crippen molar-refractivity contribution in [2.45, 2.75) is 12.8 Å². The molecule has 0 fully saturated rings. The number of hydrogen-bond donors (Lipinski definition) is 2. The molecule has 4 N–H and O–H groups in total. The molecule has 14 heavy (non-hydrogen) atoms. The molecule has 0 unspecified atom stereocenters. The Hall–Kier alpha value is -1.91. The fraction of sp³-hybridized carbons (Fsp3) is 0.222. The maximum Gasteiger partial charge on any atom is 0.223 e. The Morgan fingerprint density at radius 1 is 1.07 bits per heavy atom. The molecule has 0 bridgehead atoms. The first-order chi connectivity index (χ1) is 6.58. The number of carbonyl (C=O) groups is 2. The van der Waals surface area contributed by atoms with Gasteiger partial charge in [-0.2, -0.15) is 0 Å². The molecule has 0 radical (unpaired) electrons. The van der Waals surface area contributed by atoms with E-state index in [1.807, 2.05) is 0 Å². The van der Waals surface area contributed by atoms with Gasteiger partial charge in [-0.05, 0) is 12.1 Å². The minimum absolute atomic E-state index is 0.0760. The lowest BCUT2D eigenvalue weighted by Gasteiger charge is -2.00. The Balaban J connectivity index is 2.78. The van der Waals surface area contributed by atoms with Crippen molar-refractivity contribution in [2.24, 2.45) is 11.5 Å². The summed E-state index contributed by atoms with van der Waals surface area (Å²) >= 11 is 0. The molecule has 0 aliphatic carbocycles. The van der Waals surface area contributed by atoms with Crippen molar-refractivity contribution in [3.05, 3.63) is 29.6 Å². The maximum absolute atomic E-state index is 10.6. The first-order valence-electron chi connectivity index (χ1n) is 4.09. The van der Waals surface area contributed by atoms with Gasteiger partial charge in [0.15, 0.2) is 0 Å². The van der Waals surface area contributed by atoms with Crippen LogP contribution in [-0.2, 0) is 22.4 Å². The molecule has 1 aromatic rings. The van der Waals surface area contributed by atoms with Crippen LogP contribution in [0.4, 0.5) is 0 Å². The fourth-order valence-corrected chi connectivity index (χ4v) is 1.08. The standard InChI is InChI=1S/C9H11N3O2/c10-8(13)4-6-2-1-3-7(12-6)5-9(11)14/h1-3H,4-5H2,(H2,10,13)(H2,11,14). The van der Waals surface area contributed by atoms with E-state index in [9.17, 15) is 9.59 Å². The molecule has 5 heteroatoms. The number of rotatable bonds is 4. The molecular formula is C9H11N3O2. The van der Waals surface area contributed by atoms with Gasteiger partial charge in [0.1, 0.15) is 0 Å². The fourth-order valence-electron chi connectivity index (χ4n) is 1.08. The van der Waals surface area contributed by atoms with E-state index in [1.165, 1.54) is 0 Å². The van der Waals surface area contributed by atoms with Gasteiger partial charge in [-0.3, -0.25) is 14.6 Å². The normalized spacial score (nSPS) is 9.71. The average Bonchev–Trinajstić information content (AvgIpc) is 2.01. The van der Waals surface area contributed by atoms with Gasteiger partial charge in [0.25, 0.3) is 0 Å². The van der Waals surface area contributed by atoms with E-state index in [1.54, 1.807) is 18.2 Å². The van der Waals surface area contributed by atoms with Crippen LogP contribution in [-0.4, -0.2) is 16.8 Å². The zero-order valence-electron chi connectivity index (χ0n) is 7.56. The molecular weight excluding hydrogens is 182 g/mol. The van der Waals surface area contributed by atoms with E-state index in [0.717, 1.165) is 0 Å². The Bertz CT molecular complexity index is 332. The summed E-state index contributed by atoms with van der Waals surface area (Å²) in [5.41, 5.74) is 11.1. The molecule has 0 aromatic carbocycles. The summed E-state index contributed by atoms with van der Waals surface area (Å²) in [6.07, 6.45) is 0.152. The lowest BCUT2D eigenvalue weighted by atomic mass is 10.2. The highest BCUT2D eigenvalue weighted by Crippen LogP contribution is 2.00. The number of amides is 2. The van der Waals surface area contributed by atoms with Gasteiger partial charge in [-0.15, -0.1) is 0 Å². The Labute approximate surface area is 81.1 Å². The van der Waals surface area contributed by atoms with E-state index < -0.39 is 11.8 Å². The Morgan fingerprint density at radius 2 is 1.50 bits per heavy atom. The second-order valence-corrected chi connectivity index (χ2v) is 2.91. The summed E-state index contributed by atoms with van der Waals surface area (Å²) in [5, 5.41) is 0. The molecule has 1 rings (SSSR count). The topological polar surface area (TPSA) is 99.1 Å². The van der Waals surface area contributed by atoms with E-state index in [4.69, 9.17) is 11.5 Å². The highest BCUT2D eigenvalue weighted by atomic mass is 16.1. The second-order valence-electron chi connectivity index (χ2n) is 2.91. The molecule has 1 heterocycles. The van der Waals surface area contributed by atoms with Gasteiger partial charge in [0.05, 0.1) is 12.8 Å². The number of carbonyl (C=O) groups excluding carboxylic acids is 2. The predicted octanol–water partition coefficient (Wildman–Crippen LogP) is -0.863. The molecule has 0 aliphatic rings. The van der Waals surface area contributed by atoms with Crippen LogP contribution in [0.2, 0.25) is 0 Å². The van der Waals surface area contributed by atoms with Crippen LogP contribution < -0.4 is 11.5 Å². The molecule has 5 nitrogen and oxygen atoms in total. The largest absolute Gasteiger partial charge is 0.369 e. The molecule has 0 aliphatic heterocycles. The SMILES string of the molecule is NC(=O)Cc1cccc(CC(N)=O)n1. The van der Waals surface area contributed by atoms with Gasteiger partial charge in [0, 0.05) is 11.4 Å². The number of aromatic nitrogens is 1. The van der Waals surface area contributed by atoms with Gasteiger partial charge >= 0.3 is 0 Å². The van der Waals surface area contributed by atoms with Crippen molar-refractivity contribution >= 4 is 11.8 Å². The molecule has 0 spiro atoms. The van der Waals surface area contributed by atoms with Crippen molar-refractivity contribution < 1.29 is 9.59 Å². The van der Waals surface area contributed by atoms with Crippen LogP contribution in [0.15, 0.2) is 18.2 Å².